The molecular weight excluding hydrogens is 399 g/mol. The van der Waals surface area contributed by atoms with Gasteiger partial charge in [0.25, 0.3) is 0 Å². The maximum absolute atomic E-state index is 13.4. The molecule has 0 aliphatic heterocycles. The quantitative estimate of drug-likeness (QED) is 0.331. The van der Waals surface area contributed by atoms with Crippen molar-refractivity contribution in [1.29, 1.82) is 5.26 Å². The molecule has 5 nitrogen and oxygen atoms in total. The summed E-state index contributed by atoms with van der Waals surface area (Å²) in [4.78, 5) is 4.25. The van der Waals surface area contributed by atoms with Crippen LogP contribution in [0.1, 0.15) is 29.8 Å². The van der Waals surface area contributed by atoms with E-state index in [1.165, 1.54) is 22.5 Å². The van der Waals surface area contributed by atoms with E-state index in [0.717, 1.165) is 6.42 Å². The van der Waals surface area contributed by atoms with Crippen LogP contribution in [-0.2, 0) is 19.0 Å². The fourth-order valence-corrected chi connectivity index (χ4v) is 3.65. The molecule has 1 N–H and O–H groups in total. The van der Waals surface area contributed by atoms with Crippen LogP contribution in [0, 0.1) is 11.5 Å². The monoisotopic (exact) mass is 413 g/mol. The van der Waals surface area contributed by atoms with Crippen molar-refractivity contribution in [3.05, 3.63) is 40.2 Å². The van der Waals surface area contributed by atoms with Crippen molar-refractivity contribution in [2.75, 3.05) is 6.26 Å². The second kappa shape index (κ2) is 7.82. The second-order valence-corrected chi connectivity index (χ2v) is 7.09. The number of nitrogens with one attached hydrogen (secondary N) is 1. The van der Waals surface area contributed by atoms with Crippen LogP contribution in [0.2, 0.25) is 5.02 Å². The Hall–Kier alpha value is -2.18. The van der Waals surface area contributed by atoms with E-state index in [9.17, 15) is 13.2 Å². The molecule has 1 aromatic carbocycles. The minimum atomic E-state index is -4.50. The molecule has 1 aliphatic rings. The molecule has 1 heterocycles. The first-order chi connectivity index (χ1) is 12.8. The van der Waals surface area contributed by atoms with Gasteiger partial charge in [0, 0.05) is 11.3 Å². The third-order valence-electron chi connectivity index (χ3n) is 4.20. The minimum Gasteiger partial charge on any atom is -0.271 e. The average Bonchev–Trinajstić information content (AvgIpc) is 3.01. The summed E-state index contributed by atoms with van der Waals surface area (Å²) in [7, 11) is 0. The molecule has 0 spiro atoms. The highest BCUT2D eigenvalue weighted by atomic mass is 35.5. The van der Waals surface area contributed by atoms with Gasteiger partial charge >= 0.3 is 6.18 Å². The number of nitrogens with zero attached hydrogens (tertiary/aromatic N) is 4. The molecule has 1 aliphatic carbocycles. The van der Waals surface area contributed by atoms with Gasteiger partial charge in [0.15, 0.2) is 17.1 Å². The van der Waals surface area contributed by atoms with Crippen LogP contribution < -0.4 is 5.32 Å². The van der Waals surface area contributed by atoms with Gasteiger partial charge in [0.2, 0.25) is 0 Å². The third kappa shape index (κ3) is 4.06. The molecule has 2 aromatic rings. The Morgan fingerprint density at radius 1 is 1.37 bits per heavy atom. The fourth-order valence-electron chi connectivity index (χ4n) is 3.05. The molecule has 10 heteroatoms. The molecule has 1 aromatic heterocycles. The maximum atomic E-state index is 13.4. The number of fused-ring (bicyclic) bond motifs is 1. The Bertz CT molecular complexity index is 930. The Labute approximate surface area is 163 Å². The van der Waals surface area contributed by atoms with E-state index in [2.05, 4.69) is 15.4 Å². The number of aromatic nitrogens is 2. The summed E-state index contributed by atoms with van der Waals surface area (Å²) in [6.45, 7) is 0. The minimum absolute atomic E-state index is 0.234. The zero-order valence-corrected chi connectivity index (χ0v) is 15.8. The van der Waals surface area contributed by atoms with E-state index in [-0.39, 0.29) is 10.6 Å². The number of nitriles is 1. The molecule has 0 bridgehead atoms. The first kappa shape index (κ1) is 19.6. The normalized spacial score (nSPS) is 14.6. The van der Waals surface area contributed by atoms with Crippen LogP contribution in [0.25, 0.3) is 5.69 Å². The Kier molecular flexibility index (Phi) is 5.67. The number of alkyl halides is 3. The number of halogens is 4. The van der Waals surface area contributed by atoms with E-state index in [1.54, 1.807) is 24.6 Å². The van der Waals surface area contributed by atoms with Crippen molar-refractivity contribution in [3.8, 4) is 11.9 Å². The van der Waals surface area contributed by atoms with Crippen LogP contribution in [-0.4, -0.2) is 21.2 Å². The van der Waals surface area contributed by atoms with E-state index < -0.39 is 11.9 Å². The number of rotatable bonds is 2. The SMILES string of the molecule is CSC(=Nc1ccc(-n2nc(C(F)(F)F)c3c2CCCC3)c(Cl)c1)NC#N. The van der Waals surface area contributed by atoms with Gasteiger partial charge in [0.05, 0.1) is 16.4 Å². The number of benzene rings is 1. The number of aliphatic imine (C=N–C) groups is 1. The average molecular weight is 414 g/mol. The highest BCUT2D eigenvalue weighted by Crippen LogP contribution is 2.38. The van der Waals surface area contributed by atoms with Crippen LogP contribution in [0.5, 0.6) is 0 Å². The highest BCUT2D eigenvalue weighted by molar-refractivity contribution is 8.13. The maximum Gasteiger partial charge on any atom is 0.435 e. The topological polar surface area (TPSA) is 66.0 Å². The summed E-state index contributed by atoms with van der Waals surface area (Å²) in [5.74, 6) is 0. The summed E-state index contributed by atoms with van der Waals surface area (Å²) in [5.41, 5.74) is 0.840. The van der Waals surface area contributed by atoms with Gasteiger partial charge in [-0.15, -0.1) is 0 Å². The Morgan fingerprint density at radius 2 is 2.11 bits per heavy atom. The number of hydrogen-bond donors (Lipinski definition) is 1. The lowest BCUT2D eigenvalue weighted by Gasteiger charge is -2.15. The summed E-state index contributed by atoms with van der Waals surface area (Å²) in [5, 5.41) is 15.6. The second-order valence-electron chi connectivity index (χ2n) is 5.88. The first-order valence-corrected chi connectivity index (χ1v) is 9.71. The lowest BCUT2D eigenvalue weighted by atomic mass is 9.95. The largest absolute Gasteiger partial charge is 0.435 e. The lowest BCUT2D eigenvalue weighted by Crippen LogP contribution is -2.12. The van der Waals surface area contributed by atoms with Crippen molar-refractivity contribution >= 4 is 34.2 Å². The molecule has 0 saturated heterocycles. The van der Waals surface area contributed by atoms with E-state index in [4.69, 9.17) is 16.9 Å². The van der Waals surface area contributed by atoms with E-state index >= 15 is 0 Å². The van der Waals surface area contributed by atoms with Gasteiger partial charge in [-0.1, -0.05) is 23.4 Å². The Balaban J connectivity index is 2.05. The number of hydrogen-bond acceptors (Lipinski definition) is 4. The molecule has 0 atom stereocenters. The van der Waals surface area contributed by atoms with Crippen molar-refractivity contribution in [1.82, 2.24) is 15.1 Å². The van der Waals surface area contributed by atoms with Gasteiger partial charge in [-0.2, -0.15) is 23.5 Å². The van der Waals surface area contributed by atoms with Gasteiger partial charge in [-0.3, -0.25) is 5.32 Å². The third-order valence-corrected chi connectivity index (χ3v) is 5.08. The van der Waals surface area contributed by atoms with Crippen molar-refractivity contribution in [2.24, 2.45) is 4.99 Å². The highest BCUT2D eigenvalue weighted by Gasteiger charge is 2.39. The van der Waals surface area contributed by atoms with Crippen molar-refractivity contribution in [2.45, 2.75) is 31.9 Å². The molecule has 0 radical (unpaired) electrons. The first-order valence-electron chi connectivity index (χ1n) is 8.11. The predicted molar refractivity (Wildman–Crippen MR) is 99.6 cm³/mol. The summed E-state index contributed by atoms with van der Waals surface area (Å²) in [6, 6.07) is 4.75. The molecule has 0 fully saturated rings. The van der Waals surface area contributed by atoms with Gasteiger partial charge < -0.3 is 0 Å². The van der Waals surface area contributed by atoms with Gasteiger partial charge in [0.1, 0.15) is 0 Å². The smallest absolute Gasteiger partial charge is 0.271 e. The number of amidine groups is 1. The Morgan fingerprint density at radius 3 is 2.74 bits per heavy atom. The summed E-state index contributed by atoms with van der Waals surface area (Å²) in [6.07, 6.45) is 1.46. The van der Waals surface area contributed by atoms with Gasteiger partial charge in [-0.05, 0) is 50.1 Å². The molecule has 0 unspecified atom stereocenters. The molecule has 142 valence electrons. The summed E-state index contributed by atoms with van der Waals surface area (Å²) < 4.78 is 41.4. The van der Waals surface area contributed by atoms with E-state index in [1.807, 2.05) is 0 Å². The zero-order chi connectivity index (χ0) is 19.6. The molecular formula is C17H15ClF3N5S. The van der Waals surface area contributed by atoms with Gasteiger partial charge in [-0.25, -0.2) is 9.67 Å². The van der Waals surface area contributed by atoms with Crippen LogP contribution >= 0.6 is 23.4 Å². The van der Waals surface area contributed by atoms with Crippen molar-refractivity contribution < 1.29 is 13.2 Å². The number of thioether (sulfide) groups is 1. The lowest BCUT2D eigenvalue weighted by molar-refractivity contribution is -0.142. The predicted octanol–water partition coefficient (Wildman–Crippen LogP) is 4.84. The summed E-state index contributed by atoms with van der Waals surface area (Å²) >= 11 is 7.58. The van der Waals surface area contributed by atoms with Crippen LogP contribution in [0.3, 0.4) is 0 Å². The zero-order valence-electron chi connectivity index (χ0n) is 14.3. The molecule has 27 heavy (non-hydrogen) atoms. The molecule has 0 amide bonds. The standard InChI is InChI=1S/C17H15ClF3N5S/c1-27-16(23-9-22)24-10-6-7-14(12(18)8-10)26-13-5-3-2-4-11(13)15(25-26)17(19,20)21/h6-8H,2-5H2,1H3,(H,23,24). The molecule has 3 rings (SSSR count). The van der Waals surface area contributed by atoms with Crippen LogP contribution in [0.4, 0.5) is 18.9 Å². The van der Waals surface area contributed by atoms with Crippen molar-refractivity contribution in [3.63, 3.8) is 0 Å². The van der Waals surface area contributed by atoms with Crippen LogP contribution in [0.15, 0.2) is 23.2 Å². The fraction of sp³-hybridized carbons (Fsp3) is 0.353. The van der Waals surface area contributed by atoms with E-state index in [0.29, 0.717) is 41.5 Å². The molecule has 0 saturated carbocycles.